The van der Waals surface area contributed by atoms with Crippen molar-refractivity contribution in [1.82, 2.24) is 0 Å². The van der Waals surface area contributed by atoms with Crippen LogP contribution in [0.4, 0.5) is 17.6 Å². The monoisotopic (exact) mass is 316 g/mol. The summed E-state index contributed by atoms with van der Waals surface area (Å²) in [5.74, 6) is -1.50. The number of hydrogen-bond acceptors (Lipinski definition) is 1. The fourth-order valence-electron chi connectivity index (χ4n) is 1.91. The van der Waals surface area contributed by atoms with E-state index in [2.05, 4.69) is 0 Å². The fourth-order valence-corrected chi connectivity index (χ4v) is 2.07. The Balaban J connectivity index is 2.45. The van der Waals surface area contributed by atoms with E-state index >= 15 is 0 Å². The summed E-state index contributed by atoms with van der Waals surface area (Å²) in [6, 6.07) is 6.24. The van der Waals surface area contributed by atoms with Crippen LogP contribution in [-0.4, -0.2) is 5.78 Å². The predicted octanol–water partition coefficient (Wildman–Crippen LogP) is 5.04. The van der Waals surface area contributed by atoms with Crippen molar-refractivity contribution in [1.29, 1.82) is 0 Å². The number of hydrogen-bond donors (Lipinski definition) is 0. The lowest BCUT2D eigenvalue weighted by atomic mass is 9.97. The number of benzene rings is 2. The van der Waals surface area contributed by atoms with Gasteiger partial charge < -0.3 is 0 Å². The second kappa shape index (κ2) is 5.48. The van der Waals surface area contributed by atoms with Crippen LogP contribution in [0.1, 0.15) is 27.0 Å². The zero-order chi connectivity index (χ0) is 15.8. The number of rotatable bonds is 2. The summed E-state index contributed by atoms with van der Waals surface area (Å²) in [6.45, 7) is 1.37. The highest BCUT2D eigenvalue weighted by atomic mass is 35.5. The first-order chi connectivity index (χ1) is 9.70. The van der Waals surface area contributed by atoms with Gasteiger partial charge in [-0.1, -0.05) is 17.7 Å². The van der Waals surface area contributed by atoms with Crippen LogP contribution in [0.3, 0.4) is 0 Å². The molecule has 0 heterocycles. The summed E-state index contributed by atoms with van der Waals surface area (Å²) in [4.78, 5) is 12.2. The first kappa shape index (κ1) is 15.5. The van der Waals surface area contributed by atoms with Crippen LogP contribution in [0.2, 0.25) is 5.02 Å². The normalized spacial score (nSPS) is 11.5. The molecule has 0 aliphatic heterocycles. The molecule has 0 unspecified atom stereocenters. The second-order valence-corrected chi connectivity index (χ2v) is 4.92. The standard InChI is InChI=1S/C15H9ClF4O/c1-8-6-9(15(18,19)20)2-4-11(8)14(21)12-5-3-10(16)7-13(12)17/h2-7H,1H3. The molecule has 2 aromatic rings. The van der Waals surface area contributed by atoms with Gasteiger partial charge in [-0.15, -0.1) is 0 Å². The van der Waals surface area contributed by atoms with Gasteiger partial charge in [-0.05, 0) is 42.8 Å². The maximum absolute atomic E-state index is 13.7. The number of carbonyl (C=O) groups is 1. The van der Waals surface area contributed by atoms with Crippen LogP contribution in [0.25, 0.3) is 0 Å². The third kappa shape index (κ3) is 3.24. The molecule has 0 aliphatic carbocycles. The van der Waals surface area contributed by atoms with Crippen molar-refractivity contribution in [2.75, 3.05) is 0 Å². The van der Waals surface area contributed by atoms with Crippen LogP contribution in [0.15, 0.2) is 36.4 Å². The predicted molar refractivity (Wildman–Crippen MR) is 71.0 cm³/mol. The van der Waals surface area contributed by atoms with Gasteiger partial charge in [0.05, 0.1) is 11.1 Å². The molecule has 0 bridgehead atoms. The van der Waals surface area contributed by atoms with Crippen molar-refractivity contribution >= 4 is 17.4 Å². The molecule has 0 radical (unpaired) electrons. The van der Waals surface area contributed by atoms with Crippen LogP contribution in [-0.2, 0) is 6.18 Å². The lowest BCUT2D eigenvalue weighted by Crippen LogP contribution is -2.10. The molecule has 0 atom stereocenters. The molecule has 0 aromatic heterocycles. The van der Waals surface area contributed by atoms with Crippen LogP contribution >= 0.6 is 11.6 Å². The van der Waals surface area contributed by atoms with Gasteiger partial charge in [0, 0.05) is 10.6 Å². The molecule has 21 heavy (non-hydrogen) atoms. The minimum atomic E-state index is -4.49. The number of carbonyl (C=O) groups excluding carboxylic acids is 1. The van der Waals surface area contributed by atoms with Crippen molar-refractivity contribution < 1.29 is 22.4 Å². The first-order valence-corrected chi connectivity index (χ1v) is 6.25. The van der Waals surface area contributed by atoms with Crippen molar-refractivity contribution in [2.45, 2.75) is 13.1 Å². The SMILES string of the molecule is Cc1cc(C(F)(F)F)ccc1C(=O)c1ccc(Cl)cc1F. The summed E-state index contributed by atoms with van der Waals surface area (Å²) in [6.07, 6.45) is -4.49. The maximum atomic E-state index is 13.7. The van der Waals surface area contributed by atoms with Crippen molar-refractivity contribution in [3.05, 3.63) is 69.5 Å². The third-order valence-electron chi connectivity index (χ3n) is 2.97. The Morgan fingerprint density at radius 3 is 2.19 bits per heavy atom. The summed E-state index contributed by atoms with van der Waals surface area (Å²) in [5, 5.41) is 0.133. The Kier molecular flexibility index (Phi) is 4.05. The Labute approximate surface area is 123 Å². The van der Waals surface area contributed by atoms with E-state index in [1.54, 1.807) is 0 Å². The van der Waals surface area contributed by atoms with Gasteiger partial charge in [0.2, 0.25) is 0 Å². The second-order valence-electron chi connectivity index (χ2n) is 4.48. The van der Waals surface area contributed by atoms with Crippen LogP contribution in [0, 0.1) is 12.7 Å². The highest BCUT2D eigenvalue weighted by Crippen LogP contribution is 2.31. The Hall–Kier alpha value is -1.88. The van der Waals surface area contributed by atoms with Crippen molar-refractivity contribution in [2.24, 2.45) is 0 Å². The van der Waals surface area contributed by atoms with Crippen LogP contribution < -0.4 is 0 Å². The molecule has 0 aliphatic rings. The van der Waals surface area contributed by atoms with Crippen LogP contribution in [0.5, 0.6) is 0 Å². The van der Waals surface area contributed by atoms with Crippen molar-refractivity contribution in [3.8, 4) is 0 Å². The number of ketones is 1. The lowest BCUT2D eigenvalue weighted by Gasteiger charge is -2.11. The minimum Gasteiger partial charge on any atom is -0.288 e. The van der Waals surface area contributed by atoms with Gasteiger partial charge in [-0.25, -0.2) is 4.39 Å². The summed E-state index contributed by atoms with van der Waals surface area (Å²) in [7, 11) is 0. The zero-order valence-corrected chi connectivity index (χ0v) is 11.5. The van der Waals surface area contributed by atoms with E-state index in [1.807, 2.05) is 0 Å². The molecular weight excluding hydrogens is 308 g/mol. The summed E-state index contributed by atoms with van der Waals surface area (Å²) >= 11 is 5.59. The molecular formula is C15H9ClF4O. The molecule has 0 fully saturated rings. The molecule has 1 nitrogen and oxygen atoms in total. The Bertz CT molecular complexity index is 707. The van der Waals surface area contributed by atoms with E-state index in [4.69, 9.17) is 11.6 Å². The molecule has 6 heteroatoms. The molecule has 110 valence electrons. The van der Waals surface area contributed by atoms with E-state index in [9.17, 15) is 22.4 Å². The third-order valence-corrected chi connectivity index (χ3v) is 3.21. The number of halogens is 5. The molecule has 0 spiro atoms. The van der Waals surface area contributed by atoms with Gasteiger partial charge in [0.15, 0.2) is 5.78 Å². The van der Waals surface area contributed by atoms with Gasteiger partial charge in [0.1, 0.15) is 5.82 Å². The van der Waals surface area contributed by atoms with E-state index < -0.39 is 23.3 Å². The van der Waals surface area contributed by atoms with Gasteiger partial charge in [-0.2, -0.15) is 13.2 Å². The minimum absolute atomic E-state index is 0.0178. The Morgan fingerprint density at radius 2 is 1.67 bits per heavy atom. The largest absolute Gasteiger partial charge is 0.416 e. The highest BCUT2D eigenvalue weighted by molar-refractivity contribution is 6.30. The molecule has 0 amide bonds. The number of aryl methyl sites for hydroxylation is 1. The Morgan fingerprint density at radius 1 is 1.05 bits per heavy atom. The quantitative estimate of drug-likeness (QED) is 0.560. The lowest BCUT2D eigenvalue weighted by molar-refractivity contribution is -0.137. The molecule has 0 saturated heterocycles. The molecule has 2 rings (SSSR count). The number of alkyl halides is 3. The smallest absolute Gasteiger partial charge is 0.288 e. The summed E-state index contributed by atoms with van der Waals surface area (Å²) in [5.41, 5.74) is -0.941. The fraction of sp³-hybridized carbons (Fsp3) is 0.133. The zero-order valence-electron chi connectivity index (χ0n) is 10.8. The van der Waals surface area contributed by atoms with E-state index in [0.29, 0.717) is 0 Å². The van der Waals surface area contributed by atoms with E-state index in [-0.39, 0.29) is 21.7 Å². The topological polar surface area (TPSA) is 17.1 Å². The molecule has 2 aromatic carbocycles. The average molecular weight is 317 g/mol. The van der Waals surface area contributed by atoms with E-state index in [1.165, 1.54) is 19.1 Å². The first-order valence-electron chi connectivity index (χ1n) is 5.88. The maximum Gasteiger partial charge on any atom is 0.416 e. The summed E-state index contributed by atoms with van der Waals surface area (Å²) < 4.78 is 51.4. The highest BCUT2D eigenvalue weighted by Gasteiger charge is 2.31. The van der Waals surface area contributed by atoms with E-state index in [0.717, 1.165) is 24.3 Å². The van der Waals surface area contributed by atoms with Gasteiger partial charge >= 0.3 is 6.18 Å². The van der Waals surface area contributed by atoms with Gasteiger partial charge in [-0.3, -0.25) is 4.79 Å². The molecule has 0 saturated carbocycles. The molecule has 0 N–H and O–H groups in total. The van der Waals surface area contributed by atoms with Gasteiger partial charge in [0.25, 0.3) is 0 Å². The van der Waals surface area contributed by atoms with Crippen molar-refractivity contribution in [3.63, 3.8) is 0 Å². The average Bonchev–Trinajstić information content (AvgIpc) is 2.36.